The molecule has 8 heteroatoms. The largest absolute Gasteiger partial charge is 0.370 e. The first-order valence-corrected chi connectivity index (χ1v) is 11.0. The van der Waals surface area contributed by atoms with Crippen molar-refractivity contribution in [1.82, 2.24) is 19.7 Å². The molecule has 8 nitrogen and oxygen atoms in total. The number of fused-ring (bicyclic) bond motifs is 1. The molecule has 3 aromatic rings. The van der Waals surface area contributed by atoms with E-state index in [1.165, 1.54) is 0 Å². The molecule has 0 aliphatic carbocycles. The molecule has 2 aromatic heterocycles. The van der Waals surface area contributed by atoms with Crippen LogP contribution in [0.3, 0.4) is 0 Å². The monoisotopic (exact) mass is 432 g/mol. The summed E-state index contributed by atoms with van der Waals surface area (Å²) in [6.45, 7) is 6.84. The van der Waals surface area contributed by atoms with Gasteiger partial charge in [-0.15, -0.1) is 0 Å². The SMILES string of the molecule is Cc1nn(C)c2[nH]c(=O)c(CCC(=O)N3CCCN(c4ccc(C#N)cc4)CC3)c(C)c12. The first kappa shape index (κ1) is 21.6. The number of H-pyrrole nitrogens is 1. The maximum atomic E-state index is 13.0. The van der Waals surface area contributed by atoms with E-state index >= 15 is 0 Å². The molecule has 1 aromatic carbocycles. The van der Waals surface area contributed by atoms with Crippen LogP contribution in [0.5, 0.6) is 0 Å². The molecule has 166 valence electrons. The smallest absolute Gasteiger partial charge is 0.253 e. The third-order valence-corrected chi connectivity index (χ3v) is 6.35. The van der Waals surface area contributed by atoms with E-state index in [1.54, 1.807) is 4.68 Å². The highest BCUT2D eigenvalue weighted by Crippen LogP contribution is 2.22. The fourth-order valence-electron chi connectivity index (χ4n) is 4.62. The average molecular weight is 433 g/mol. The highest BCUT2D eigenvalue weighted by molar-refractivity contribution is 5.83. The van der Waals surface area contributed by atoms with E-state index in [0.717, 1.165) is 47.5 Å². The fourth-order valence-corrected chi connectivity index (χ4v) is 4.62. The Kier molecular flexibility index (Phi) is 5.99. The molecule has 0 saturated carbocycles. The molecule has 1 fully saturated rings. The molecule has 1 aliphatic rings. The Labute approximate surface area is 187 Å². The number of anilines is 1. The normalized spacial score (nSPS) is 14.4. The van der Waals surface area contributed by atoms with Crippen molar-refractivity contribution in [2.45, 2.75) is 33.1 Å². The summed E-state index contributed by atoms with van der Waals surface area (Å²) in [5.74, 6) is 0.0773. The number of pyridine rings is 1. The van der Waals surface area contributed by atoms with Gasteiger partial charge in [0.15, 0.2) is 0 Å². The zero-order valence-electron chi connectivity index (χ0n) is 18.8. The van der Waals surface area contributed by atoms with Crippen LogP contribution in [0.25, 0.3) is 11.0 Å². The van der Waals surface area contributed by atoms with Gasteiger partial charge in [-0.2, -0.15) is 10.4 Å². The number of amides is 1. The maximum absolute atomic E-state index is 13.0. The van der Waals surface area contributed by atoms with E-state index in [2.05, 4.69) is 21.1 Å². The van der Waals surface area contributed by atoms with Gasteiger partial charge in [-0.3, -0.25) is 14.3 Å². The minimum atomic E-state index is -0.145. The third-order valence-electron chi connectivity index (χ3n) is 6.35. The number of nitrogens with zero attached hydrogens (tertiary/aromatic N) is 5. The number of benzene rings is 1. The molecule has 0 bridgehead atoms. The summed E-state index contributed by atoms with van der Waals surface area (Å²) >= 11 is 0. The lowest BCUT2D eigenvalue weighted by Crippen LogP contribution is -2.35. The predicted molar refractivity (Wildman–Crippen MR) is 124 cm³/mol. The van der Waals surface area contributed by atoms with Crippen molar-refractivity contribution in [1.29, 1.82) is 5.26 Å². The van der Waals surface area contributed by atoms with Crippen LogP contribution < -0.4 is 10.5 Å². The number of rotatable bonds is 4. The Morgan fingerprint density at radius 3 is 2.62 bits per heavy atom. The third kappa shape index (κ3) is 4.11. The Bertz CT molecular complexity index is 1250. The number of aromatic amines is 1. The van der Waals surface area contributed by atoms with Gasteiger partial charge in [0.1, 0.15) is 5.65 Å². The Morgan fingerprint density at radius 1 is 1.16 bits per heavy atom. The van der Waals surface area contributed by atoms with Crippen LogP contribution in [0.1, 0.15) is 35.2 Å². The fraction of sp³-hybridized carbons (Fsp3) is 0.417. The van der Waals surface area contributed by atoms with Crippen molar-refractivity contribution in [3.8, 4) is 6.07 Å². The first-order chi connectivity index (χ1) is 15.4. The number of carbonyl (C=O) groups excluding carboxylic acids is 1. The first-order valence-electron chi connectivity index (χ1n) is 11.0. The molecular weight excluding hydrogens is 404 g/mol. The number of nitrogens with one attached hydrogen (secondary N) is 1. The van der Waals surface area contributed by atoms with Gasteiger partial charge >= 0.3 is 0 Å². The lowest BCUT2D eigenvalue weighted by atomic mass is 10.0. The molecule has 1 aliphatic heterocycles. The van der Waals surface area contributed by atoms with Crippen LogP contribution in [-0.4, -0.2) is 51.8 Å². The summed E-state index contributed by atoms with van der Waals surface area (Å²) in [4.78, 5) is 32.7. The van der Waals surface area contributed by atoms with E-state index in [9.17, 15) is 9.59 Å². The zero-order valence-corrected chi connectivity index (χ0v) is 18.8. The molecule has 32 heavy (non-hydrogen) atoms. The Balaban J connectivity index is 1.42. The minimum Gasteiger partial charge on any atom is -0.370 e. The molecule has 1 N–H and O–H groups in total. The van der Waals surface area contributed by atoms with Crippen LogP contribution >= 0.6 is 0 Å². The lowest BCUT2D eigenvalue weighted by Gasteiger charge is -2.24. The van der Waals surface area contributed by atoms with Crippen LogP contribution in [0.4, 0.5) is 5.69 Å². The van der Waals surface area contributed by atoms with Gasteiger partial charge in [0.05, 0.1) is 17.3 Å². The van der Waals surface area contributed by atoms with Gasteiger partial charge in [0.25, 0.3) is 5.56 Å². The van der Waals surface area contributed by atoms with Gasteiger partial charge in [0.2, 0.25) is 5.91 Å². The Morgan fingerprint density at radius 2 is 1.91 bits per heavy atom. The molecule has 0 unspecified atom stereocenters. The second kappa shape index (κ2) is 8.87. The van der Waals surface area contributed by atoms with Crippen molar-refractivity contribution >= 4 is 22.6 Å². The summed E-state index contributed by atoms with van der Waals surface area (Å²) in [6, 6.07) is 9.71. The Hall–Kier alpha value is -3.60. The lowest BCUT2D eigenvalue weighted by molar-refractivity contribution is -0.130. The topological polar surface area (TPSA) is 98.0 Å². The number of nitriles is 1. The van der Waals surface area contributed by atoms with Crippen molar-refractivity contribution in [2.75, 3.05) is 31.1 Å². The minimum absolute atomic E-state index is 0.0773. The van der Waals surface area contributed by atoms with E-state index in [-0.39, 0.29) is 11.5 Å². The zero-order chi connectivity index (χ0) is 22.8. The van der Waals surface area contributed by atoms with E-state index in [4.69, 9.17) is 5.26 Å². The molecule has 0 atom stereocenters. The summed E-state index contributed by atoms with van der Waals surface area (Å²) in [6.07, 6.45) is 1.61. The molecule has 3 heterocycles. The van der Waals surface area contributed by atoms with Crippen LogP contribution in [0.15, 0.2) is 29.1 Å². The van der Waals surface area contributed by atoms with Crippen molar-refractivity contribution in [3.05, 3.63) is 57.0 Å². The van der Waals surface area contributed by atoms with Gasteiger partial charge in [0, 0.05) is 56.3 Å². The standard InChI is InChI=1S/C24H28N6O2/c1-16-20(24(32)26-23-22(16)17(2)27-28(23)3)9-10-21(31)30-12-4-11-29(13-14-30)19-7-5-18(15-25)6-8-19/h5-8H,4,9-14H2,1-3H3,(H,26,32). The van der Waals surface area contributed by atoms with E-state index in [1.807, 2.05) is 50.1 Å². The van der Waals surface area contributed by atoms with Gasteiger partial charge in [-0.05, 0) is 56.5 Å². The van der Waals surface area contributed by atoms with Crippen molar-refractivity contribution < 1.29 is 4.79 Å². The van der Waals surface area contributed by atoms with E-state index in [0.29, 0.717) is 37.1 Å². The molecular formula is C24H28N6O2. The molecule has 1 amide bonds. The van der Waals surface area contributed by atoms with Gasteiger partial charge in [-0.25, -0.2) is 0 Å². The number of carbonyl (C=O) groups is 1. The average Bonchev–Trinajstić information content (AvgIpc) is 2.95. The highest BCUT2D eigenvalue weighted by Gasteiger charge is 2.21. The summed E-state index contributed by atoms with van der Waals surface area (Å²) < 4.78 is 1.69. The quantitative estimate of drug-likeness (QED) is 0.683. The summed E-state index contributed by atoms with van der Waals surface area (Å²) in [5.41, 5.74) is 4.73. The molecule has 1 saturated heterocycles. The highest BCUT2D eigenvalue weighted by atomic mass is 16.2. The van der Waals surface area contributed by atoms with E-state index < -0.39 is 0 Å². The van der Waals surface area contributed by atoms with Gasteiger partial charge in [-0.1, -0.05) is 0 Å². The molecule has 4 rings (SSSR count). The second-order valence-electron chi connectivity index (χ2n) is 8.37. The number of aromatic nitrogens is 3. The number of hydrogen-bond acceptors (Lipinski definition) is 5. The molecule has 0 radical (unpaired) electrons. The van der Waals surface area contributed by atoms with Crippen LogP contribution in [0, 0.1) is 25.2 Å². The predicted octanol–water partition coefficient (Wildman–Crippen LogP) is 2.42. The number of aryl methyl sites for hydroxylation is 3. The molecule has 0 spiro atoms. The summed E-state index contributed by atoms with van der Waals surface area (Å²) in [7, 11) is 1.81. The second-order valence-corrected chi connectivity index (χ2v) is 8.37. The number of hydrogen-bond donors (Lipinski definition) is 1. The van der Waals surface area contributed by atoms with Crippen LogP contribution in [-0.2, 0) is 18.3 Å². The summed E-state index contributed by atoms with van der Waals surface area (Å²) in [5, 5.41) is 14.3. The maximum Gasteiger partial charge on any atom is 0.253 e. The van der Waals surface area contributed by atoms with Gasteiger partial charge < -0.3 is 14.8 Å². The van der Waals surface area contributed by atoms with Crippen molar-refractivity contribution in [3.63, 3.8) is 0 Å². The van der Waals surface area contributed by atoms with Crippen molar-refractivity contribution in [2.24, 2.45) is 7.05 Å². The van der Waals surface area contributed by atoms with Crippen LogP contribution in [0.2, 0.25) is 0 Å².